The first-order valence-electron chi connectivity index (χ1n) is 7.79. The van der Waals surface area contributed by atoms with Crippen molar-refractivity contribution in [1.82, 2.24) is 0 Å². The minimum atomic E-state index is -4.04. The van der Waals surface area contributed by atoms with E-state index in [1.54, 1.807) is 12.1 Å². The molecule has 8 heteroatoms. The summed E-state index contributed by atoms with van der Waals surface area (Å²) in [5.74, 6) is -1.13. The van der Waals surface area contributed by atoms with Crippen LogP contribution in [0.2, 0.25) is 0 Å². The number of hydrogen-bond acceptors (Lipinski definition) is 3. The normalized spacial score (nSPS) is 11.0. The molecule has 1 amide bonds. The van der Waals surface area contributed by atoms with E-state index in [0.717, 1.165) is 9.64 Å². The van der Waals surface area contributed by atoms with E-state index in [1.165, 1.54) is 42.5 Å². The van der Waals surface area contributed by atoms with Crippen molar-refractivity contribution < 1.29 is 17.6 Å². The van der Waals surface area contributed by atoms with Gasteiger partial charge in [-0.05, 0) is 77.2 Å². The van der Waals surface area contributed by atoms with E-state index >= 15 is 0 Å². The third-order valence-corrected chi connectivity index (χ3v) is 5.71. The maximum atomic E-state index is 13.7. The fourth-order valence-electron chi connectivity index (χ4n) is 2.29. The van der Waals surface area contributed by atoms with Crippen LogP contribution in [0, 0.1) is 9.39 Å². The fraction of sp³-hybridized carbons (Fsp3) is 0. The third kappa shape index (κ3) is 4.83. The van der Waals surface area contributed by atoms with Crippen molar-refractivity contribution in [2.75, 3.05) is 10.0 Å². The van der Waals surface area contributed by atoms with E-state index in [9.17, 15) is 17.6 Å². The summed E-state index contributed by atoms with van der Waals surface area (Å²) in [5.41, 5.74) is 0.606. The molecule has 0 bridgehead atoms. The van der Waals surface area contributed by atoms with Gasteiger partial charge < -0.3 is 5.32 Å². The standard InChI is InChI=1S/C19H14FIN2O3S/c20-17-6-1-2-7-18(17)23-27(25,26)16-5-3-4-13(12-16)19(24)22-15-10-8-14(21)9-11-15/h1-12,23H,(H,22,24). The summed E-state index contributed by atoms with van der Waals surface area (Å²) in [5, 5.41) is 2.71. The van der Waals surface area contributed by atoms with E-state index in [4.69, 9.17) is 0 Å². The topological polar surface area (TPSA) is 75.3 Å². The number of halogens is 2. The van der Waals surface area contributed by atoms with Crippen molar-refractivity contribution in [3.05, 3.63) is 87.7 Å². The monoisotopic (exact) mass is 496 g/mol. The number of carbonyl (C=O) groups is 1. The molecule has 0 atom stereocenters. The lowest BCUT2D eigenvalue weighted by Crippen LogP contribution is -2.16. The highest BCUT2D eigenvalue weighted by Gasteiger charge is 2.18. The van der Waals surface area contributed by atoms with Crippen molar-refractivity contribution >= 4 is 49.9 Å². The molecule has 3 aromatic rings. The zero-order chi connectivity index (χ0) is 19.4. The molecular weight excluding hydrogens is 482 g/mol. The van der Waals surface area contributed by atoms with Crippen LogP contribution in [0.15, 0.2) is 77.7 Å². The van der Waals surface area contributed by atoms with Crippen LogP contribution in [0.5, 0.6) is 0 Å². The van der Waals surface area contributed by atoms with Crippen molar-refractivity contribution in [1.29, 1.82) is 0 Å². The Morgan fingerprint density at radius 2 is 1.63 bits per heavy atom. The van der Waals surface area contributed by atoms with Gasteiger partial charge in [0, 0.05) is 14.8 Å². The molecule has 0 spiro atoms. The molecular formula is C19H14FIN2O3S. The van der Waals surface area contributed by atoms with E-state index in [2.05, 4.69) is 32.6 Å². The minimum Gasteiger partial charge on any atom is -0.322 e. The van der Waals surface area contributed by atoms with Gasteiger partial charge in [0.05, 0.1) is 10.6 Å². The van der Waals surface area contributed by atoms with Crippen LogP contribution in [-0.2, 0) is 10.0 Å². The summed E-state index contributed by atoms with van der Waals surface area (Å²) < 4.78 is 42.0. The largest absolute Gasteiger partial charge is 0.322 e. The molecule has 3 aromatic carbocycles. The smallest absolute Gasteiger partial charge is 0.262 e. The number of benzene rings is 3. The number of para-hydroxylation sites is 1. The summed E-state index contributed by atoms with van der Waals surface area (Å²) in [4.78, 5) is 12.3. The zero-order valence-corrected chi connectivity index (χ0v) is 16.8. The summed E-state index contributed by atoms with van der Waals surface area (Å²) in [7, 11) is -4.04. The maximum absolute atomic E-state index is 13.7. The Hall–Kier alpha value is -2.46. The fourth-order valence-corrected chi connectivity index (χ4v) is 3.76. The lowest BCUT2D eigenvalue weighted by Gasteiger charge is -2.10. The second-order valence-electron chi connectivity index (χ2n) is 5.57. The van der Waals surface area contributed by atoms with Crippen molar-refractivity contribution in [2.24, 2.45) is 0 Å². The molecule has 27 heavy (non-hydrogen) atoms. The van der Waals surface area contributed by atoms with Gasteiger partial charge in [-0.1, -0.05) is 18.2 Å². The first kappa shape index (κ1) is 19.3. The predicted octanol–water partition coefficient (Wildman–Crippen LogP) is 4.48. The van der Waals surface area contributed by atoms with Gasteiger partial charge in [0.25, 0.3) is 15.9 Å². The molecule has 138 valence electrons. The van der Waals surface area contributed by atoms with Crippen LogP contribution in [-0.4, -0.2) is 14.3 Å². The average molecular weight is 496 g/mol. The Morgan fingerprint density at radius 3 is 2.33 bits per heavy atom. The van der Waals surface area contributed by atoms with Gasteiger partial charge >= 0.3 is 0 Å². The van der Waals surface area contributed by atoms with Gasteiger partial charge in [0.2, 0.25) is 0 Å². The van der Waals surface area contributed by atoms with Gasteiger partial charge in [-0.2, -0.15) is 0 Å². The van der Waals surface area contributed by atoms with E-state index in [1.807, 2.05) is 12.1 Å². The molecule has 0 saturated carbocycles. The highest BCUT2D eigenvalue weighted by atomic mass is 127. The predicted molar refractivity (Wildman–Crippen MR) is 111 cm³/mol. The second kappa shape index (κ2) is 8.05. The van der Waals surface area contributed by atoms with Crippen LogP contribution in [0.1, 0.15) is 10.4 Å². The molecule has 0 fully saturated rings. The molecule has 0 aliphatic carbocycles. The van der Waals surface area contributed by atoms with Crippen LogP contribution in [0.25, 0.3) is 0 Å². The Labute approximate surface area is 169 Å². The highest BCUT2D eigenvalue weighted by Crippen LogP contribution is 2.20. The number of anilines is 2. The molecule has 2 N–H and O–H groups in total. The van der Waals surface area contributed by atoms with Gasteiger partial charge in [0.1, 0.15) is 5.82 Å². The molecule has 0 aliphatic heterocycles. The molecule has 0 saturated heterocycles. The Kier molecular flexibility index (Phi) is 5.76. The van der Waals surface area contributed by atoms with Crippen molar-refractivity contribution in [3.8, 4) is 0 Å². The molecule has 0 aromatic heterocycles. The summed E-state index contributed by atoms with van der Waals surface area (Å²) >= 11 is 2.15. The quantitative estimate of drug-likeness (QED) is 0.512. The van der Waals surface area contributed by atoms with Crippen molar-refractivity contribution in [3.63, 3.8) is 0 Å². The Morgan fingerprint density at radius 1 is 0.926 bits per heavy atom. The van der Waals surface area contributed by atoms with Gasteiger partial charge in [0.15, 0.2) is 0 Å². The number of hydrogen-bond donors (Lipinski definition) is 2. The van der Waals surface area contributed by atoms with E-state index < -0.39 is 21.7 Å². The minimum absolute atomic E-state index is 0.138. The lowest BCUT2D eigenvalue weighted by molar-refractivity contribution is 0.102. The van der Waals surface area contributed by atoms with Crippen LogP contribution >= 0.6 is 22.6 Å². The van der Waals surface area contributed by atoms with Crippen LogP contribution in [0.4, 0.5) is 15.8 Å². The Bertz CT molecular complexity index is 1090. The van der Waals surface area contributed by atoms with Gasteiger partial charge in [-0.15, -0.1) is 0 Å². The van der Waals surface area contributed by atoms with Crippen molar-refractivity contribution in [2.45, 2.75) is 4.90 Å². The first-order chi connectivity index (χ1) is 12.8. The molecule has 0 heterocycles. The average Bonchev–Trinajstić information content (AvgIpc) is 2.65. The number of carbonyl (C=O) groups excluding carboxylic acids is 1. The van der Waals surface area contributed by atoms with Gasteiger partial charge in [-0.3, -0.25) is 9.52 Å². The number of nitrogens with one attached hydrogen (secondary N) is 2. The zero-order valence-electron chi connectivity index (χ0n) is 13.8. The van der Waals surface area contributed by atoms with E-state index in [0.29, 0.717) is 5.69 Å². The number of amides is 1. The van der Waals surface area contributed by atoms with E-state index in [-0.39, 0.29) is 16.1 Å². The summed E-state index contributed by atoms with van der Waals surface area (Å²) in [6.45, 7) is 0. The Balaban J connectivity index is 1.83. The molecule has 0 radical (unpaired) electrons. The third-order valence-electron chi connectivity index (χ3n) is 3.63. The SMILES string of the molecule is O=C(Nc1ccc(I)cc1)c1cccc(S(=O)(=O)Nc2ccccc2F)c1. The second-order valence-corrected chi connectivity index (χ2v) is 8.50. The lowest BCUT2D eigenvalue weighted by atomic mass is 10.2. The molecule has 0 aliphatic rings. The van der Waals surface area contributed by atoms with Crippen LogP contribution < -0.4 is 10.0 Å². The summed E-state index contributed by atoms with van der Waals surface area (Å²) in [6.07, 6.45) is 0. The van der Waals surface area contributed by atoms with Gasteiger partial charge in [-0.25, -0.2) is 12.8 Å². The molecule has 0 unspecified atom stereocenters. The number of rotatable bonds is 5. The maximum Gasteiger partial charge on any atom is 0.262 e. The molecule has 3 rings (SSSR count). The summed E-state index contributed by atoms with van der Waals surface area (Å²) in [6, 6.07) is 18.2. The highest BCUT2D eigenvalue weighted by molar-refractivity contribution is 14.1. The first-order valence-corrected chi connectivity index (χ1v) is 10.4. The number of sulfonamides is 1. The van der Waals surface area contributed by atoms with Crippen LogP contribution in [0.3, 0.4) is 0 Å². The molecule has 5 nitrogen and oxygen atoms in total.